The maximum atomic E-state index is 5.14. The molecule has 0 nitrogen and oxygen atoms in total. The van der Waals surface area contributed by atoms with Crippen LogP contribution in [-0.2, 0) is 0 Å². The molecule has 0 saturated heterocycles. The van der Waals surface area contributed by atoms with Gasteiger partial charge in [-0.1, -0.05) is 17.3 Å². The molecule has 0 aromatic heterocycles. The summed E-state index contributed by atoms with van der Waals surface area (Å²) >= 11 is 5.14. The zero-order chi connectivity index (χ0) is 2.99. The van der Waals surface area contributed by atoms with Crippen LogP contribution in [0.15, 0.2) is 16.8 Å². The van der Waals surface area contributed by atoms with Gasteiger partial charge < -0.3 is 0 Å². The van der Waals surface area contributed by atoms with Gasteiger partial charge in [0.2, 0.25) is 0 Å². The number of hydrogen-bond acceptors (Lipinski definition) is 0. The Kier molecular flexibility index (Phi) is 0.206. The summed E-state index contributed by atoms with van der Waals surface area (Å²) in [6.07, 6.45) is 1.72. The monoisotopic (exact) mass is 72.0 g/mol. The van der Waals surface area contributed by atoms with E-state index in [9.17, 15) is 0 Å². The Hall–Kier alpha value is -0.190. The number of halogens is 1. The van der Waals surface area contributed by atoms with Crippen molar-refractivity contribution in [2.24, 2.45) is 0 Å². The van der Waals surface area contributed by atoms with E-state index in [1.165, 1.54) is 0 Å². The van der Waals surface area contributed by atoms with E-state index < -0.39 is 0 Å². The summed E-state index contributed by atoms with van der Waals surface area (Å²) in [7, 11) is 0. The Labute approximate surface area is 29.4 Å². The average molecular weight is 72.5 g/mol. The van der Waals surface area contributed by atoms with Crippen molar-refractivity contribution < 1.29 is 0 Å². The summed E-state index contributed by atoms with van der Waals surface area (Å²) < 4.78 is 0. The van der Waals surface area contributed by atoms with Gasteiger partial charge in [0, 0.05) is 6.08 Å². The standard InChI is InChI=1S/C3HCl/c4-3-1-2-3/h1H. The SMILES string of the molecule is ClC1=C=C1. The van der Waals surface area contributed by atoms with E-state index in [-0.39, 0.29) is 0 Å². The molecule has 0 unspecified atom stereocenters. The van der Waals surface area contributed by atoms with Gasteiger partial charge in [0.25, 0.3) is 0 Å². The first kappa shape index (κ1) is 2.07. The lowest BCUT2D eigenvalue weighted by molar-refractivity contribution is 2.35. The van der Waals surface area contributed by atoms with Crippen molar-refractivity contribution in [1.82, 2.24) is 0 Å². The highest BCUT2D eigenvalue weighted by Crippen LogP contribution is 2.08. The predicted molar refractivity (Wildman–Crippen MR) is 17.4 cm³/mol. The first-order chi connectivity index (χ1) is 1.89. The van der Waals surface area contributed by atoms with E-state index in [1.807, 2.05) is 0 Å². The molecule has 0 bridgehead atoms. The molecule has 1 aliphatic carbocycles. The van der Waals surface area contributed by atoms with Gasteiger partial charge in [-0.15, -0.1) is 0 Å². The molecule has 0 N–H and O–H groups in total. The largest absolute Gasteiger partial charge is 0.0977 e. The van der Waals surface area contributed by atoms with Crippen LogP contribution in [0.1, 0.15) is 0 Å². The highest BCUT2D eigenvalue weighted by Gasteiger charge is 1.86. The molecule has 0 aliphatic heterocycles. The van der Waals surface area contributed by atoms with Crippen molar-refractivity contribution in [1.29, 1.82) is 0 Å². The second kappa shape index (κ2) is 0.398. The molecule has 0 spiro atoms. The minimum absolute atomic E-state index is 0.764. The van der Waals surface area contributed by atoms with E-state index in [2.05, 4.69) is 5.73 Å². The van der Waals surface area contributed by atoms with E-state index in [0.717, 1.165) is 5.03 Å². The molecule has 1 aliphatic rings. The van der Waals surface area contributed by atoms with Gasteiger partial charge in [-0.05, 0) is 0 Å². The molecule has 0 fully saturated rings. The van der Waals surface area contributed by atoms with Gasteiger partial charge in [-0.3, -0.25) is 0 Å². The third-order valence-corrected chi connectivity index (χ3v) is 0.472. The summed E-state index contributed by atoms with van der Waals surface area (Å²) in [6, 6.07) is 0. The van der Waals surface area contributed by atoms with Crippen LogP contribution in [0.25, 0.3) is 0 Å². The Balaban J connectivity index is 2.75. The van der Waals surface area contributed by atoms with Crippen LogP contribution in [-0.4, -0.2) is 0 Å². The summed E-state index contributed by atoms with van der Waals surface area (Å²) in [5.74, 6) is 0. The fourth-order valence-corrected chi connectivity index (χ4v) is 0.0818. The van der Waals surface area contributed by atoms with Gasteiger partial charge in [-0.2, -0.15) is 0 Å². The molecule has 1 rings (SSSR count). The molecule has 1 heteroatoms. The highest BCUT2D eigenvalue weighted by atomic mass is 35.5. The van der Waals surface area contributed by atoms with Crippen LogP contribution in [0.4, 0.5) is 0 Å². The quantitative estimate of drug-likeness (QED) is 0.378. The molecule has 0 radical (unpaired) electrons. The normalized spacial score (nSPS) is 15.8. The molecule has 0 aromatic rings. The van der Waals surface area contributed by atoms with Gasteiger partial charge in [0.05, 0.1) is 5.03 Å². The summed E-state index contributed by atoms with van der Waals surface area (Å²) in [5.41, 5.74) is 2.65. The van der Waals surface area contributed by atoms with Gasteiger partial charge in [0.1, 0.15) is 0 Å². The predicted octanol–water partition coefficient (Wildman–Crippen LogP) is 1.28. The number of rotatable bonds is 0. The fourth-order valence-electron chi connectivity index (χ4n) is 0.0273. The Morgan fingerprint density at radius 2 is 2.25 bits per heavy atom. The first-order valence-corrected chi connectivity index (χ1v) is 1.39. The van der Waals surface area contributed by atoms with Gasteiger partial charge in [0.15, 0.2) is 0 Å². The zero-order valence-electron chi connectivity index (χ0n) is 1.96. The summed E-state index contributed by atoms with van der Waals surface area (Å²) in [5, 5.41) is 0.764. The van der Waals surface area contributed by atoms with Crippen molar-refractivity contribution >= 4 is 11.6 Å². The van der Waals surface area contributed by atoms with Crippen molar-refractivity contribution in [2.75, 3.05) is 0 Å². The van der Waals surface area contributed by atoms with Crippen LogP contribution < -0.4 is 0 Å². The summed E-state index contributed by atoms with van der Waals surface area (Å²) in [4.78, 5) is 0. The van der Waals surface area contributed by atoms with E-state index in [4.69, 9.17) is 11.6 Å². The minimum atomic E-state index is 0.764. The van der Waals surface area contributed by atoms with E-state index in [1.54, 1.807) is 6.08 Å². The number of hydrogen-bond donors (Lipinski definition) is 0. The van der Waals surface area contributed by atoms with Crippen LogP contribution in [0, 0.1) is 0 Å². The van der Waals surface area contributed by atoms with Crippen molar-refractivity contribution in [3.05, 3.63) is 16.8 Å². The van der Waals surface area contributed by atoms with E-state index >= 15 is 0 Å². The lowest BCUT2D eigenvalue weighted by Crippen LogP contribution is -1.17. The molecular formula is C3HCl. The third kappa shape index (κ3) is 0.150. The second-order valence-electron chi connectivity index (χ2n) is 0.637. The van der Waals surface area contributed by atoms with Gasteiger partial charge in [-0.25, -0.2) is 0 Å². The Morgan fingerprint density at radius 3 is 2.25 bits per heavy atom. The van der Waals surface area contributed by atoms with Crippen LogP contribution in [0.2, 0.25) is 0 Å². The molecule has 0 aromatic carbocycles. The first-order valence-electron chi connectivity index (χ1n) is 1.02. The highest BCUT2D eigenvalue weighted by molar-refractivity contribution is 6.33. The maximum absolute atomic E-state index is 5.14. The molecule has 0 heterocycles. The van der Waals surface area contributed by atoms with Crippen molar-refractivity contribution in [3.63, 3.8) is 0 Å². The molecule has 20 valence electrons. The minimum Gasteiger partial charge on any atom is -0.0977 e. The van der Waals surface area contributed by atoms with Crippen LogP contribution in [0.5, 0.6) is 0 Å². The molecule has 4 heavy (non-hydrogen) atoms. The van der Waals surface area contributed by atoms with E-state index in [0.29, 0.717) is 0 Å². The van der Waals surface area contributed by atoms with Crippen LogP contribution in [0.3, 0.4) is 0 Å². The third-order valence-electron chi connectivity index (χ3n) is 0.253. The molecule has 0 saturated carbocycles. The zero-order valence-corrected chi connectivity index (χ0v) is 2.71. The average Bonchev–Trinajstić information content (AvgIpc) is 1.75. The lowest BCUT2D eigenvalue weighted by atomic mass is 11.0. The maximum Gasteiger partial charge on any atom is 0.0902 e. The fraction of sp³-hybridized carbons (Fsp3) is 0. The second-order valence-corrected chi connectivity index (χ2v) is 1.04. The Bertz CT molecular complexity index is 85.5. The molecule has 0 atom stereocenters. The Morgan fingerprint density at radius 1 is 2.00 bits per heavy atom. The van der Waals surface area contributed by atoms with Crippen molar-refractivity contribution in [2.45, 2.75) is 0 Å². The summed E-state index contributed by atoms with van der Waals surface area (Å²) in [6.45, 7) is 0. The number of allylic oxidation sites excluding steroid dienone is 1. The van der Waals surface area contributed by atoms with Gasteiger partial charge >= 0.3 is 0 Å². The lowest BCUT2D eigenvalue weighted by Gasteiger charge is -1.41. The molecular weight excluding hydrogens is 71.5 g/mol. The topological polar surface area (TPSA) is 0 Å². The van der Waals surface area contributed by atoms with Crippen LogP contribution >= 0.6 is 11.6 Å². The molecule has 0 amide bonds. The smallest absolute Gasteiger partial charge is 0.0902 e. The van der Waals surface area contributed by atoms with Crippen molar-refractivity contribution in [3.8, 4) is 0 Å².